The lowest BCUT2D eigenvalue weighted by atomic mass is 9.76. The normalized spacial score (nSPS) is 18.7. The van der Waals surface area contributed by atoms with Gasteiger partial charge in [-0.1, -0.05) is 18.2 Å². The first-order valence-corrected chi connectivity index (χ1v) is 8.85. The Kier molecular flexibility index (Phi) is 5.78. The van der Waals surface area contributed by atoms with E-state index in [2.05, 4.69) is 5.32 Å². The number of nitrogens with one attached hydrogen (secondary N) is 1. The first-order valence-electron chi connectivity index (χ1n) is 8.85. The number of hydrogen-bond acceptors (Lipinski definition) is 4. The zero-order valence-electron chi connectivity index (χ0n) is 16.7. The summed E-state index contributed by atoms with van der Waals surface area (Å²) in [4.78, 5) is 23.1. The van der Waals surface area contributed by atoms with Crippen LogP contribution in [-0.2, 0) is 14.1 Å². The molecule has 1 N–H and O–H groups in total. The lowest BCUT2D eigenvalue weighted by Crippen LogP contribution is -2.41. The molecule has 0 saturated carbocycles. The molecule has 0 radical (unpaired) electrons. The summed E-state index contributed by atoms with van der Waals surface area (Å²) < 4.78 is 12.3. The number of amides is 1. The fraction of sp³-hybridized carbons (Fsp3) is 0.500. The van der Waals surface area contributed by atoms with Crippen LogP contribution in [0.15, 0.2) is 23.7 Å². The predicted molar refractivity (Wildman–Crippen MR) is 104 cm³/mol. The number of carbonyl (C=O) groups excluding carboxylic acids is 2. The third-order valence-corrected chi connectivity index (χ3v) is 5.12. The van der Waals surface area contributed by atoms with Crippen LogP contribution in [0.1, 0.15) is 63.0 Å². The Balaban J connectivity index is 2.42. The second-order valence-electron chi connectivity index (χ2n) is 7.84. The molecule has 1 heterocycles. The minimum Gasteiger partial charge on any atom is -0.400 e. The molecule has 0 aliphatic carbocycles. The van der Waals surface area contributed by atoms with Crippen molar-refractivity contribution in [3.8, 4) is 0 Å². The van der Waals surface area contributed by atoms with E-state index in [1.165, 1.54) is 6.92 Å². The van der Waals surface area contributed by atoms with E-state index in [0.717, 1.165) is 16.6 Å². The van der Waals surface area contributed by atoms with Crippen molar-refractivity contribution in [1.29, 1.82) is 0 Å². The number of Topliss-reactive ketones (excluding diaryl/α,β-unsaturated/α-hetero) is 1. The maximum atomic E-state index is 11.7. The molecule has 1 fully saturated rings. The van der Waals surface area contributed by atoms with Gasteiger partial charge < -0.3 is 14.6 Å². The van der Waals surface area contributed by atoms with Crippen LogP contribution >= 0.6 is 0 Å². The lowest BCUT2D eigenvalue weighted by Gasteiger charge is -2.32. The quantitative estimate of drug-likeness (QED) is 0.648. The molecule has 1 amide bonds. The summed E-state index contributed by atoms with van der Waals surface area (Å²) in [6.07, 6.45) is 1.94. The molecule has 1 aromatic rings. The van der Waals surface area contributed by atoms with Crippen LogP contribution in [0.25, 0.3) is 6.08 Å². The van der Waals surface area contributed by atoms with Gasteiger partial charge in [0.15, 0.2) is 5.78 Å². The van der Waals surface area contributed by atoms with Gasteiger partial charge >= 0.3 is 7.12 Å². The van der Waals surface area contributed by atoms with Gasteiger partial charge in [0.25, 0.3) is 0 Å². The molecule has 6 heteroatoms. The number of hydrogen-bond donors (Lipinski definition) is 1. The Hall–Kier alpha value is -1.92. The molecule has 0 unspecified atom stereocenters. The average Bonchev–Trinajstić information content (AvgIpc) is 2.72. The summed E-state index contributed by atoms with van der Waals surface area (Å²) in [5.74, 6) is -0.111. The van der Waals surface area contributed by atoms with Gasteiger partial charge in [-0.2, -0.15) is 0 Å². The zero-order chi connectivity index (χ0) is 19.7. The Morgan fingerprint density at radius 3 is 2.19 bits per heavy atom. The van der Waals surface area contributed by atoms with Gasteiger partial charge in [0.2, 0.25) is 5.91 Å². The molecule has 1 aliphatic heterocycles. The third kappa shape index (κ3) is 4.43. The second kappa shape index (κ2) is 7.37. The SMILES string of the molecule is CC(=O)NCC(=Cc1cc(C(C)=O)ccc1C)B1OC(C)(C)C(C)(C)O1. The number of carbonyl (C=O) groups is 2. The van der Waals surface area contributed by atoms with E-state index >= 15 is 0 Å². The minimum atomic E-state index is -0.563. The van der Waals surface area contributed by atoms with Crippen LogP contribution in [0.3, 0.4) is 0 Å². The second-order valence-corrected chi connectivity index (χ2v) is 7.84. The molecule has 26 heavy (non-hydrogen) atoms. The highest BCUT2D eigenvalue weighted by Crippen LogP contribution is 2.38. The molecule has 0 atom stereocenters. The maximum absolute atomic E-state index is 11.7. The fourth-order valence-corrected chi connectivity index (χ4v) is 2.64. The maximum Gasteiger partial charge on any atom is 0.492 e. The van der Waals surface area contributed by atoms with E-state index in [0.29, 0.717) is 12.1 Å². The minimum absolute atomic E-state index is 0.0127. The summed E-state index contributed by atoms with van der Waals surface area (Å²) in [6.45, 7) is 13.3. The molecule has 0 spiro atoms. The lowest BCUT2D eigenvalue weighted by molar-refractivity contribution is -0.118. The summed E-state index contributed by atoms with van der Waals surface area (Å²) in [5.41, 5.74) is 2.46. The summed E-state index contributed by atoms with van der Waals surface area (Å²) in [5, 5.41) is 2.82. The Morgan fingerprint density at radius 2 is 1.69 bits per heavy atom. The topological polar surface area (TPSA) is 64.6 Å². The molecule has 1 aliphatic rings. The van der Waals surface area contributed by atoms with Crippen LogP contribution in [0.4, 0.5) is 0 Å². The first-order chi connectivity index (χ1) is 11.9. The monoisotopic (exact) mass is 357 g/mol. The molecule has 1 aromatic carbocycles. The van der Waals surface area contributed by atoms with Crippen molar-refractivity contribution in [3.05, 3.63) is 40.4 Å². The number of rotatable bonds is 5. The molecule has 0 bridgehead atoms. The Labute approximate surface area is 156 Å². The average molecular weight is 357 g/mol. The van der Waals surface area contributed by atoms with Crippen molar-refractivity contribution < 1.29 is 18.9 Å². The summed E-state index contributed by atoms with van der Waals surface area (Å²) in [7, 11) is -0.563. The van der Waals surface area contributed by atoms with E-state index in [-0.39, 0.29) is 11.7 Å². The third-order valence-electron chi connectivity index (χ3n) is 5.12. The molecular formula is C20H28BNO4. The van der Waals surface area contributed by atoms with E-state index in [4.69, 9.17) is 9.31 Å². The van der Waals surface area contributed by atoms with Crippen molar-refractivity contribution in [2.24, 2.45) is 0 Å². The van der Waals surface area contributed by atoms with Crippen LogP contribution in [-0.4, -0.2) is 36.6 Å². The van der Waals surface area contributed by atoms with E-state index in [9.17, 15) is 9.59 Å². The molecule has 140 valence electrons. The van der Waals surface area contributed by atoms with E-state index in [1.807, 2.05) is 58.9 Å². The van der Waals surface area contributed by atoms with Crippen molar-refractivity contribution in [1.82, 2.24) is 5.32 Å². The van der Waals surface area contributed by atoms with Crippen LogP contribution in [0.5, 0.6) is 0 Å². The largest absolute Gasteiger partial charge is 0.492 e. The van der Waals surface area contributed by atoms with Gasteiger partial charge in [-0.05, 0) is 64.2 Å². The van der Waals surface area contributed by atoms with E-state index in [1.54, 1.807) is 6.92 Å². The predicted octanol–water partition coefficient (Wildman–Crippen LogP) is 3.35. The van der Waals surface area contributed by atoms with Crippen molar-refractivity contribution >= 4 is 24.9 Å². The molecule has 1 saturated heterocycles. The van der Waals surface area contributed by atoms with Crippen molar-refractivity contribution in [2.75, 3.05) is 6.54 Å². The highest BCUT2D eigenvalue weighted by molar-refractivity contribution is 6.56. The van der Waals surface area contributed by atoms with E-state index < -0.39 is 18.3 Å². The van der Waals surface area contributed by atoms with Crippen molar-refractivity contribution in [2.45, 2.75) is 59.7 Å². The number of ketones is 1. The van der Waals surface area contributed by atoms with Gasteiger partial charge in [0.05, 0.1) is 11.2 Å². The Morgan fingerprint density at radius 1 is 1.12 bits per heavy atom. The Bertz CT molecular complexity index is 736. The highest BCUT2D eigenvalue weighted by atomic mass is 16.7. The number of aryl methyl sites for hydroxylation is 1. The smallest absolute Gasteiger partial charge is 0.400 e. The molecule has 0 aromatic heterocycles. The van der Waals surface area contributed by atoms with Gasteiger partial charge in [0.1, 0.15) is 0 Å². The van der Waals surface area contributed by atoms with Crippen LogP contribution in [0.2, 0.25) is 0 Å². The van der Waals surface area contributed by atoms with Crippen LogP contribution < -0.4 is 5.32 Å². The fourth-order valence-electron chi connectivity index (χ4n) is 2.64. The van der Waals surface area contributed by atoms with Gasteiger partial charge in [-0.15, -0.1) is 0 Å². The van der Waals surface area contributed by atoms with Gasteiger partial charge in [0, 0.05) is 19.0 Å². The van der Waals surface area contributed by atoms with Crippen LogP contribution in [0, 0.1) is 6.92 Å². The zero-order valence-corrected chi connectivity index (χ0v) is 16.7. The molecular weight excluding hydrogens is 329 g/mol. The van der Waals surface area contributed by atoms with Crippen molar-refractivity contribution in [3.63, 3.8) is 0 Å². The molecule has 2 rings (SSSR count). The van der Waals surface area contributed by atoms with Gasteiger partial charge in [-0.25, -0.2) is 0 Å². The first kappa shape index (κ1) is 20.4. The standard InChI is InChI=1S/C20H28BNO4/c1-13-8-9-16(14(2)23)10-17(13)11-18(12-22-15(3)24)21-25-19(4,5)20(6,7)26-21/h8-11H,12H2,1-7H3,(H,22,24). The summed E-state index contributed by atoms with van der Waals surface area (Å²) >= 11 is 0. The van der Waals surface area contributed by atoms with Gasteiger partial charge in [-0.3, -0.25) is 9.59 Å². The number of benzene rings is 1. The highest BCUT2D eigenvalue weighted by Gasteiger charge is 2.52. The summed E-state index contributed by atoms with van der Waals surface area (Å²) in [6, 6.07) is 5.59. The molecule has 5 nitrogen and oxygen atoms in total.